The molecule has 4 N–H and O–H groups in total. The van der Waals surface area contributed by atoms with E-state index in [4.69, 9.17) is 16.2 Å². The topological polar surface area (TPSA) is 90.7 Å². The molecule has 0 bridgehead atoms. The van der Waals surface area contributed by atoms with E-state index in [0.29, 0.717) is 17.0 Å². The average molecular weight is 305 g/mol. The molecule has 3 aromatic carbocycles. The Balaban J connectivity index is 1.85. The number of nitrogens with zero attached hydrogens (tertiary/aromatic N) is 1. The van der Waals surface area contributed by atoms with Crippen molar-refractivity contribution >= 4 is 28.4 Å². The number of hydrogen-bond donors (Lipinski definition) is 2. The van der Waals surface area contributed by atoms with Gasteiger partial charge in [0.15, 0.2) is 5.96 Å². The first kappa shape index (κ1) is 14.6. The molecular weight excluding hydrogens is 290 g/mol. The second-order valence-electron chi connectivity index (χ2n) is 4.95. The summed E-state index contributed by atoms with van der Waals surface area (Å²) in [5.74, 6) is 0.0649. The number of guanidine groups is 1. The lowest BCUT2D eigenvalue weighted by molar-refractivity contribution is 0.0737. The Labute approximate surface area is 133 Å². The molecule has 0 aromatic heterocycles. The minimum atomic E-state index is -0.433. The fourth-order valence-corrected chi connectivity index (χ4v) is 2.26. The first-order valence-electron chi connectivity index (χ1n) is 7.03. The molecule has 0 spiro atoms. The van der Waals surface area contributed by atoms with Crippen LogP contribution in [0.25, 0.3) is 10.8 Å². The van der Waals surface area contributed by atoms with Crippen LogP contribution in [0.1, 0.15) is 10.4 Å². The van der Waals surface area contributed by atoms with Crippen LogP contribution in [0.5, 0.6) is 5.75 Å². The van der Waals surface area contributed by atoms with Crippen molar-refractivity contribution in [2.24, 2.45) is 16.5 Å². The minimum absolute atomic E-state index is 0.0314. The van der Waals surface area contributed by atoms with E-state index >= 15 is 0 Å². The molecule has 23 heavy (non-hydrogen) atoms. The molecule has 0 aliphatic heterocycles. The zero-order chi connectivity index (χ0) is 16.2. The molecule has 0 radical (unpaired) electrons. The fourth-order valence-electron chi connectivity index (χ4n) is 2.26. The standard InChI is InChI=1S/C18H15N3O2/c19-18(20)21-14-10-8-13(9-11-14)17(22)23-16-7-3-5-12-4-1-2-6-15(12)16/h1-11H,(H4,19,20,21). The zero-order valence-electron chi connectivity index (χ0n) is 12.3. The first-order chi connectivity index (χ1) is 11.1. The summed E-state index contributed by atoms with van der Waals surface area (Å²) >= 11 is 0. The largest absolute Gasteiger partial charge is 0.422 e. The molecule has 5 heteroatoms. The van der Waals surface area contributed by atoms with Crippen molar-refractivity contribution in [3.63, 3.8) is 0 Å². The van der Waals surface area contributed by atoms with Gasteiger partial charge >= 0.3 is 5.97 Å². The molecule has 114 valence electrons. The van der Waals surface area contributed by atoms with Gasteiger partial charge in [-0.2, -0.15) is 0 Å². The van der Waals surface area contributed by atoms with Crippen molar-refractivity contribution in [3.05, 3.63) is 72.3 Å². The highest BCUT2D eigenvalue weighted by atomic mass is 16.5. The van der Waals surface area contributed by atoms with Gasteiger partial charge in [0.25, 0.3) is 0 Å². The van der Waals surface area contributed by atoms with E-state index in [1.807, 2.05) is 36.4 Å². The van der Waals surface area contributed by atoms with Gasteiger partial charge in [-0.05, 0) is 35.7 Å². The van der Waals surface area contributed by atoms with E-state index in [2.05, 4.69) is 4.99 Å². The van der Waals surface area contributed by atoms with Crippen molar-refractivity contribution in [2.45, 2.75) is 0 Å². The van der Waals surface area contributed by atoms with Crippen molar-refractivity contribution < 1.29 is 9.53 Å². The number of aliphatic imine (C=N–C) groups is 1. The molecule has 0 saturated heterocycles. The van der Waals surface area contributed by atoms with Gasteiger partial charge in [0.05, 0.1) is 11.3 Å². The lowest BCUT2D eigenvalue weighted by atomic mass is 10.1. The van der Waals surface area contributed by atoms with Crippen LogP contribution in [0.4, 0.5) is 5.69 Å². The maximum Gasteiger partial charge on any atom is 0.343 e. The summed E-state index contributed by atoms with van der Waals surface area (Å²) in [5, 5.41) is 1.90. The fraction of sp³-hybridized carbons (Fsp3) is 0. The molecule has 0 heterocycles. The van der Waals surface area contributed by atoms with Gasteiger partial charge in [-0.3, -0.25) is 0 Å². The number of fused-ring (bicyclic) bond motifs is 1. The van der Waals surface area contributed by atoms with E-state index in [1.165, 1.54) is 0 Å². The summed E-state index contributed by atoms with van der Waals surface area (Å²) in [5.41, 5.74) is 11.6. The third-order valence-corrected chi connectivity index (χ3v) is 3.31. The second-order valence-corrected chi connectivity index (χ2v) is 4.95. The van der Waals surface area contributed by atoms with Crippen molar-refractivity contribution in [2.75, 3.05) is 0 Å². The van der Waals surface area contributed by atoms with Crippen LogP contribution in [0.2, 0.25) is 0 Å². The van der Waals surface area contributed by atoms with Crippen molar-refractivity contribution in [1.29, 1.82) is 0 Å². The Kier molecular flexibility index (Phi) is 3.93. The molecule has 3 aromatic rings. The number of carbonyl (C=O) groups excluding carboxylic acids is 1. The predicted molar refractivity (Wildman–Crippen MR) is 90.8 cm³/mol. The Morgan fingerprint density at radius 3 is 2.30 bits per heavy atom. The molecule has 5 nitrogen and oxygen atoms in total. The number of hydrogen-bond acceptors (Lipinski definition) is 3. The quantitative estimate of drug-likeness (QED) is 0.337. The van der Waals surface area contributed by atoms with E-state index in [0.717, 1.165) is 10.8 Å². The number of carbonyl (C=O) groups is 1. The SMILES string of the molecule is NC(N)=Nc1ccc(C(=O)Oc2cccc3ccccc23)cc1. The van der Waals surface area contributed by atoms with Crippen LogP contribution in [-0.4, -0.2) is 11.9 Å². The Morgan fingerprint density at radius 1 is 0.870 bits per heavy atom. The molecule has 0 aliphatic rings. The molecule has 0 amide bonds. The number of nitrogens with two attached hydrogens (primary N) is 2. The number of esters is 1. The molecule has 0 aliphatic carbocycles. The van der Waals surface area contributed by atoms with Gasteiger partial charge in [0.2, 0.25) is 0 Å². The first-order valence-corrected chi connectivity index (χ1v) is 7.03. The Morgan fingerprint density at radius 2 is 1.57 bits per heavy atom. The summed E-state index contributed by atoms with van der Waals surface area (Å²) in [6.07, 6.45) is 0. The average Bonchev–Trinajstić information content (AvgIpc) is 2.55. The van der Waals surface area contributed by atoms with Gasteiger partial charge in [0.1, 0.15) is 5.75 Å². The van der Waals surface area contributed by atoms with Crippen LogP contribution >= 0.6 is 0 Å². The molecule has 0 saturated carbocycles. The van der Waals surface area contributed by atoms with Crippen LogP contribution in [0.15, 0.2) is 71.7 Å². The van der Waals surface area contributed by atoms with Gasteiger partial charge in [0, 0.05) is 5.39 Å². The number of ether oxygens (including phenoxy) is 1. The predicted octanol–water partition coefficient (Wildman–Crippen LogP) is 2.96. The smallest absolute Gasteiger partial charge is 0.343 e. The third-order valence-electron chi connectivity index (χ3n) is 3.31. The minimum Gasteiger partial charge on any atom is -0.422 e. The molecule has 0 unspecified atom stereocenters. The maximum absolute atomic E-state index is 12.3. The van der Waals surface area contributed by atoms with Crippen molar-refractivity contribution in [1.82, 2.24) is 0 Å². The maximum atomic E-state index is 12.3. The molecular formula is C18H15N3O2. The van der Waals surface area contributed by atoms with E-state index < -0.39 is 5.97 Å². The molecule has 3 rings (SSSR count). The lowest BCUT2D eigenvalue weighted by Gasteiger charge is -2.08. The van der Waals surface area contributed by atoms with Crippen LogP contribution < -0.4 is 16.2 Å². The van der Waals surface area contributed by atoms with Gasteiger partial charge < -0.3 is 16.2 Å². The summed E-state index contributed by atoms with van der Waals surface area (Å²) in [4.78, 5) is 16.2. The van der Waals surface area contributed by atoms with E-state index in [1.54, 1.807) is 30.3 Å². The normalized spacial score (nSPS) is 10.3. The summed E-state index contributed by atoms with van der Waals surface area (Å²) in [7, 11) is 0. The van der Waals surface area contributed by atoms with Gasteiger partial charge in [-0.25, -0.2) is 9.79 Å². The zero-order valence-corrected chi connectivity index (χ0v) is 12.3. The Bertz CT molecular complexity index is 877. The van der Waals surface area contributed by atoms with Gasteiger partial charge in [-0.1, -0.05) is 36.4 Å². The summed E-state index contributed by atoms with van der Waals surface area (Å²) in [6.45, 7) is 0. The highest BCUT2D eigenvalue weighted by molar-refractivity contribution is 5.95. The second kappa shape index (κ2) is 6.19. The van der Waals surface area contributed by atoms with Crippen LogP contribution in [0.3, 0.4) is 0 Å². The number of benzene rings is 3. The van der Waals surface area contributed by atoms with Crippen LogP contribution in [0, 0.1) is 0 Å². The van der Waals surface area contributed by atoms with Crippen LogP contribution in [-0.2, 0) is 0 Å². The monoisotopic (exact) mass is 305 g/mol. The third kappa shape index (κ3) is 3.29. The van der Waals surface area contributed by atoms with E-state index in [-0.39, 0.29) is 5.96 Å². The van der Waals surface area contributed by atoms with Gasteiger partial charge in [-0.15, -0.1) is 0 Å². The Hall–Kier alpha value is -3.34. The van der Waals surface area contributed by atoms with Crippen molar-refractivity contribution in [3.8, 4) is 5.75 Å². The highest BCUT2D eigenvalue weighted by Gasteiger charge is 2.10. The lowest BCUT2D eigenvalue weighted by Crippen LogP contribution is -2.21. The number of rotatable bonds is 3. The molecule has 0 atom stereocenters. The summed E-state index contributed by atoms with van der Waals surface area (Å²) < 4.78 is 5.51. The highest BCUT2D eigenvalue weighted by Crippen LogP contribution is 2.26. The van der Waals surface area contributed by atoms with E-state index in [9.17, 15) is 4.79 Å². The summed E-state index contributed by atoms with van der Waals surface area (Å²) in [6, 6.07) is 19.9. The molecule has 0 fully saturated rings.